The lowest BCUT2D eigenvalue weighted by Gasteiger charge is -2.08. The van der Waals surface area contributed by atoms with Gasteiger partial charge in [-0.15, -0.1) is 0 Å². The Kier molecular flexibility index (Phi) is 5.57. The van der Waals surface area contributed by atoms with Crippen molar-refractivity contribution >= 4 is 23.6 Å². The number of carbonyl (C=O) groups excluding carboxylic acids is 2. The highest BCUT2D eigenvalue weighted by atomic mass is 32.2. The molecule has 1 amide bonds. The molecule has 7 heteroatoms. The van der Waals surface area contributed by atoms with Gasteiger partial charge in [0.1, 0.15) is 6.54 Å². The number of thioether (sulfide) groups is 1. The standard InChI is InChI=1S/C11H11F2NO3S/c1-17-9(15)6-14-10(16)7-4-2-3-5-8(7)18-11(12)13/h2-5,11H,6H2,1H3,(H,14,16). The Morgan fingerprint density at radius 3 is 2.67 bits per heavy atom. The Hall–Kier alpha value is -1.63. The van der Waals surface area contributed by atoms with E-state index in [1.165, 1.54) is 19.2 Å². The van der Waals surface area contributed by atoms with Gasteiger partial charge >= 0.3 is 5.97 Å². The van der Waals surface area contributed by atoms with Crippen molar-refractivity contribution in [3.8, 4) is 0 Å². The molecule has 1 rings (SSSR count). The third-order valence-corrected chi connectivity index (χ3v) is 2.76. The number of ether oxygens (including phenoxy) is 1. The molecule has 0 saturated carbocycles. The number of benzene rings is 1. The van der Waals surface area contributed by atoms with Crippen molar-refractivity contribution in [1.29, 1.82) is 0 Å². The molecule has 0 aliphatic carbocycles. The molecular weight excluding hydrogens is 264 g/mol. The van der Waals surface area contributed by atoms with Crippen molar-refractivity contribution in [2.45, 2.75) is 10.7 Å². The van der Waals surface area contributed by atoms with E-state index < -0.39 is 17.6 Å². The number of hydrogen-bond donors (Lipinski definition) is 1. The van der Waals surface area contributed by atoms with Gasteiger partial charge in [0, 0.05) is 4.90 Å². The van der Waals surface area contributed by atoms with Gasteiger partial charge in [-0.05, 0) is 12.1 Å². The van der Waals surface area contributed by atoms with E-state index >= 15 is 0 Å². The highest BCUT2D eigenvalue weighted by Gasteiger charge is 2.15. The maximum Gasteiger partial charge on any atom is 0.325 e. The Morgan fingerprint density at radius 1 is 1.39 bits per heavy atom. The van der Waals surface area contributed by atoms with E-state index in [4.69, 9.17) is 0 Å². The van der Waals surface area contributed by atoms with Crippen molar-refractivity contribution in [2.75, 3.05) is 13.7 Å². The summed E-state index contributed by atoms with van der Waals surface area (Å²) < 4.78 is 28.9. The lowest BCUT2D eigenvalue weighted by Crippen LogP contribution is -2.30. The molecule has 0 radical (unpaired) electrons. The molecule has 1 aromatic carbocycles. The van der Waals surface area contributed by atoms with Gasteiger partial charge in [0.25, 0.3) is 11.7 Å². The topological polar surface area (TPSA) is 55.4 Å². The van der Waals surface area contributed by atoms with Gasteiger partial charge in [0.05, 0.1) is 12.7 Å². The predicted octanol–water partition coefficient (Wildman–Crippen LogP) is 1.90. The average molecular weight is 275 g/mol. The molecule has 0 aromatic heterocycles. The Labute approximate surface area is 107 Å². The zero-order chi connectivity index (χ0) is 13.5. The second kappa shape index (κ2) is 6.95. The van der Waals surface area contributed by atoms with Gasteiger partial charge in [-0.1, -0.05) is 23.9 Å². The minimum Gasteiger partial charge on any atom is -0.468 e. The van der Waals surface area contributed by atoms with Crippen LogP contribution in [0.1, 0.15) is 10.4 Å². The minimum atomic E-state index is -2.61. The monoisotopic (exact) mass is 275 g/mol. The van der Waals surface area contributed by atoms with Gasteiger partial charge in [-0.3, -0.25) is 9.59 Å². The summed E-state index contributed by atoms with van der Waals surface area (Å²) in [6, 6.07) is 5.95. The number of esters is 1. The number of halogens is 2. The number of carbonyl (C=O) groups is 2. The molecule has 0 unspecified atom stereocenters. The Morgan fingerprint density at radius 2 is 2.06 bits per heavy atom. The van der Waals surface area contributed by atoms with Crippen LogP contribution in [-0.2, 0) is 9.53 Å². The molecular formula is C11H11F2NO3S. The second-order valence-corrected chi connectivity index (χ2v) is 4.17. The fourth-order valence-corrected chi connectivity index (χ4v) is 1.81. The van der Waals surface area contributed by atoms with Crippen molar-refractivity contribution < 1.29 is 23.1 Å². The summed E-state index contributed by atoms with van der Waals surface area (Å²) in [5, 5.41) is 2.29. The van der Waals surface area contributed by atoms with Crippen molar-refractivity contribution in [3.63, 3.8) is 0 Å². The van der Waals surface area contributed by atoms with Crippen LogP contribution in [-0.4, -0.2) is 31.3 Å². The van der Waals surface area contributed by atoms with Gasteiger partial charge < -0.3 is 10.1 Å². The highest BCUT2D eigenvalue weighted by Crippen LogP contribution is 2.28. The number of amides is 1. The second-order valence-electron chi connectivity index (χ2n) is 3.13. The van der Waals surface area contributed by atoms with Gasteiger partial charge in [0.2, 0.25) is 0 Å². The molecule has 0 bridgehead atoms. The minimum absolute atomic E-state index is 0.103. The van der Waals surface area contributed by atoms with Gasteiger partial charge in [-0.2, -0.15) is 8.78 Å². The van der Waals surface area contributed by atoms with E-state index in [1.54, 1.807) is 12.1 Å². The van der Waals surface area contributed by atoms with E-state index in [9.17, 15) is 18.4 Å². The molecule has 98 valence electrons. The molecule has 0 heterocycles. The summed E-state index contributed by atoms with van der Waals surface area (Å²) in [4.78, 5) is 22.7. The zero-order valence-corrected chi connectivity index (χ0v) is 10.3. The first kappa shape index (κ1) is 14.4. The van der Waals surface area contributed by atoms with Crippen LogP contribution in [0.5, 0.6) is 0 Å². The van der Waals surface area contributed by atoms with E-state index in [2.05, 4.69) is 10.1 Å². The number of nitrogens with one attached hydrogen (secondary N) is 1. The molecule has 0 spiro atoms. The third kappa shape index (κ3) is 4.33. The first-order valence-corrected chi connectivity index (χ1v) is 5.81. The van der Waals surface area contributed by atoms with E-state index in [0.29, 0.717) is 0 Å². The van der Waals surface area contributed by atoms with E-state index in [0.717, 1.165) is 0 Å². The largest absolute Gasteiger partial charge is 0.468 e. The summed E-state index contributed by atoms with van der Waals surface area (Å²) in [6.45, 7) is -0.303. The third-order valence-electron chi connectivity index (χ3n) is 1.97. The summed E-state index contributed by atoms with van der Waals surface area (Å²) in [6.07, 6.45) is 0. The predicted molar refractivity (Wildman–Crippen MR) is 62.7 cm³/mol. The SMILES string of the molecule is COC(=O)CNC(=O)c1ccccc1SC(F)F. The molecule has 1 N–H and O–H groups in total. The summed E-state index contributed by atoms with van der Waals surface area (Å²) >= 11 is 0.283. The van der Waals surface area contributed by atoms with Crippen molar-refractivity contribution in [2.24, 2.45) is 0 Å². The Bertz CT molecular complexity index is 440. The molecule has 0 aliphatic heterocycles. The average Bonchev–Trinajstić information content (AvgIpc) is 2.35. The molecule has 18 heavy (non-hydrogen) atoms. The van der Waals surface area contributed by atoms with Gasteiger partial charge in [0.15, 0.2) is 0 Å². The number of rotatable bonds is 5. The van der Waals surface area contributed by atoms with Crippen LogP contribution >= 0.6 is 11.8 Å². The smallest absolute Gasteiger partial charge is 0.325 e. The molecule has 0 aliphatic rings. The first-order chi connectivity index (χ1) is 8.54. The van der Waals surface area contributed by atoms with Crippen LogP contribution in [0.15, 0.2) is 29.2 Å². The quantitative estimate of drug-likeness (QED) is 0.658. The lowest BCUT2D eigenvalue weighted by molar-refractivity contribution is -0.139. The Balaban J connectivity index is 2.75. The summed E-state index contributed by atoms with van der Waals surface area (Å²) in [5.41, 5.74) is 0.103. The fourth-order valence-electron chi connectivity index (χ4n) is 1.17. The normalized spacial score (nSPS) is 10.2. The number of hydrogen-bond acceptors (Lipinski definition) is 4. The van der Waals surface area contributed by atoms with Crippen LogP contribution in [0.2, 0.25) is 0 Å². The van der Waals surface area contributed by atoms with Crippen LogP contribution in [0.25, 0.3) is 0 Å². The maximum absolute atomic E-state index is 12.3. The molecule has 4 nitrogen and oxygen atoms in total. The van der Waals surface area contributed by atoms with Crippen LogP contribution in [0.4, 0.5) is 8.78 Å². The highest BCUT2D eigenvalue weighted by molar-refractivity contribution is 7.99. The van der Waals surface area contributed by atoms with Crippen molar-refractivity contribution in [1.82, 2.24) is 5.32 Å². The lowest BCUT2D eigenvalue weighted by atomic mass is 10.2. The number of alkyl halides is 2. The van der Waals surface area contributed by atoms with Gasteiger partial charge in [-0.25, -0.2) is 0 Å². The van der Waals surface area contributed by atoms with E-state index in [1.807, 2.05) is 0 Å². The number of methoxy groups -OCH3 is 1. The first-order valence-electron chi connectivity index (χ1n) is 4.93. The van der Waals surface area contributed by atoms with Crippen molar-refractivity contribution in [3.05, 3.63) is 29.8 Å². The molecule has 1 aromatic rings. The zero-order valence-electron chi connectivity index (χ0n) is 9.48. The van der Waals surface area contributed by atoms with Crippen LogP contribution in [0, 0.1) is 0 Å². The fraction of sp³-hybridized carbons (Fsp3) is 0.273. The molecule has 0 atom stereocenters. The van der Waals surface area contributed by atoms with Crippen LogP contribution < -0.4 is 5.32 Å². The summed E-state index contributed by atoms with van der Waals surface area (Å²) in [5.74, 6) is -3.81. The molecule has 0 saturated heterocycles. The van der Waals surface area contributed by atoms with Crippen LogP contribution in [0.3, 0.4) is 0 Å². The maximum atomic E-state index is 12.3. The molecule has 0 fully saturated rings. The summed E-state index contributed by atoms with van der Waals surface area (Å²) in [7, 11) is 1.19. The van der Waals surface area contributed by atoms with E-state index in [-0.39, 0.29) is 28.8 Å².